The number of ether oxygens (including phenoxy) is 2. The Bertz CT molecular complexity index is 568. The zero-order valence-electron chi connectivity index (χ0n) is 11.7. The second kappa shape index (κ2) is 7.78. The van der Waals surface area contributed by atoms with Crippen LogP contribution in [0.1, 0.15) is 16.8 Å². The van der Waals surface area contributed by atoms with Crippen molar-refractivity contribution in [3.63, 3.8) is 0 Å². The summed E-state index contributed by atoms with van der Waals surface area (Å²) in [6.07, 6.45) is 0.121. The van der Waals surface area contributed by atoms with Crippen molar-refractivity contribution in [2.75, 3.05) is 19.8 Å². The van der Waals surface area contributed by atoms with Gasteiger partial charge in [-0.1, -0.05) is 29.3 Å². The molecule has 0 spiro atoms. The van der Waals surface area contributed by atoms with Crippen LogP contribution in [-0.4, -0.2) is 43.8 Å². The van der Waals surface area contributed by atoms with E-state index in [2.05, 4.69) is 5.32 Å². The van der Waals surface area contributed by atoms with Gasteiger partial charge in [0.15, 0.2) is 0 Å². The number of halogens is 2. The second-order valence-electron chi connectivity index (χ2n) is 4.86. The standard InChI is InChI=1S/C14H16Cl2N2O4/c15-9-3-1-2-8(13(9)16)14(20)18-10-4-5-21-6-11(10)22-7-12(17)19/h1-3,10-11H,4-7H2,(H2,17,19)(H,18,20)/t10-,11-/m1/s1. The maximum absolute atomic E-state index is 12.3. The fourth-order valence-electron chi connectivity index (χ4n) is 2.16. The van der Waals surface area contributed by atoms with Gasteiger partial charge in [0.1, 0.15) is 12.7 Å². The van der Waals surface area contributed by atoms with Gasteiger partial charge in [0.05, 0.1) is 28.3 Å². The summed E-state index contributed by atoms with van der Waals surface area (Å²) in [7, 11) is 0. The normalized spacial score (nSPS) is 21.4. The van der Waals surface area contributed by atoms with Crippen LogP contribution in [0.25, 0.3) is 0 Å². The molecule has 120 valence electrons. The van der Waals surface area contributed by atoms with Crippen LogP contribution >= 0.6 is 23.2 Å². The third kappa shape index (κ3) is 4.33. The molecule has 0 bridgehead atoms. The number of benzene rings is 1. The lowest BCUT2D eigenvalue weighted by Gasteiger charge is -2.31. The quantitative estimate of drug-likeness (QED) is 0.842. The largest absolute Gasteiger partial charge is 0.379 e. The Morgan fingerprint density at radius 3 is 2.91 bits per heavy atom. The van der Waals surface area contributed by atoms with E-state index < -0.39 is 12.0 Å². The molecule has 1 aromatic rings. The Morgan fingerprint density at radius 2 is 2.18 bits per heavy atom. The van der Waals surface area contributed by atoms with E-state index in [-0.39, 0.29) is 35.7 Å². The molecule has 1 saturated heterocycles. The Labute approximate surface area is 137 Å². The molecule has 1 heterocycles. The molecular weight excluding hydrogens is 331 g/mol. The van der Waals surface area contributed by atoms with Crippen LogP contribution in [0.4, 0.5) is 0 Å². The van der Waals surface area contributed by atoms with Gasteiger partial charge in [-0.25, -0.2) is 0 Å². The molecule has 1 aliphatic heterocycles. The van der Waals surface area contributed by atoms with E-state index in [1.807, 2.05) is 0 Å². The summed E-state index contributed by atoms with van der Waals surface area (Å²) in [5.41, 5.74) is 5.35. The molecule has 0 unspecified atom stereocenters. The van der Waals surface area contributed by atoms with Crippen molar-refractivity contribution in [3.8, 4) is 0 Å². The Kier molecular flexibility index (Phi) is 6.02. The molecule has 8 heteroatoms. The summed E-state index contributed by atoms with van der Waals surface area (Å²) in [6.45, 7) is 0.546. The zero-order valence-corrected chi connectivity index (χ0v) is 13.2. The van der Waals surface area contributed by atoms with E-state index in [0.717, 1.165) is 0 Å². The van der Waals surface area contributed by atoms with Gasteiger partial charge in [-0.05, 0) is 18.6 Å². The molecular formula is C14H16Cl2N2O4. The number of primary amides is 1. The highest BCUT2D eigenvalue weighted by molar-refractivity contribution is 6.43. The summed E-state index contributed by atoms with van der Waals surface area (Å²) in [5, 5.41) is 3.34. The molecule has 2 atom stereocenters. The smallest absolute Gasteiger partial charge is 0.253 e. The van der Waals surface area contributed by atoms with Crippen molar-refractivity contribution in [2.45, 2.75) is 18.6 Å². The number of amides is 2. The molecule has 0 aliphatic carbocycles. The summed E-state index contributed by atoms with van der Waals surface area (Å²) in [6, 6.07) is 4.54. The molecule has 22 heavy (non-hydrogen) atoms. The first-order chi connectivity index (χ1) is 10.5. The van der Waals surface area contributed by atoms with Gasteiger partial charge in [-0.2, -0.15) is 0 Å². The highest BCUT2D eigenvalue weighted by Gasteiger charge is 2.29. The van der Waals surface area contributed by atoms with Gasteiger partial charge < -0.3 is 20.5 Å². The van der Waals surface area contributed by atoms with Crippen molar-refractivity contribution in [2.24, 2.45) is 5.73 Å². The van der Waals surface area contributed by atoms with Gasteiger partial charge in [-0.3, -0.25) is 9.59 Å². The van der Waals surface area contributed by atoms with Crippen LogP contribution in [-0.2, 0) is 14.3 Å². The maximum atomic E-state index is 12.3. The molecule has 0 aromatic heterocycles. The SMILES string of the molecule is NC(=O)CO[C@@H]1COCC[C@H]1NC(=O)c1cccc(Cl)c1Cl. The number of hydrogen-bond acceptors (Lipinski definition) is 4. The molecule has 6 nitrogen and oxygen atoms in total. The molecule has 2 rings (SSSR count). The molecule has 1 aromatic carbocycles. The lowest BCUT2D eigenvalue weighted by atomic mass is 10.1. The number of hydrogen-bond donors (Lipinski definition) is 2. The van der Waals surface area contributed by atoms with Gasteiger partial charge in [0.2, 0.25) is 5.91 Å². The minimum absolute atomic E-state index is 0.198. The number of nitrogens with two attached hydrogens (primary N) is 1. The first-order valence-electron chi connectivity index (χ1n) is 6.71. The van der Waals surface area contributed by atoms with Gasteiger partial charge >= 0.3 is 0 Å². The molecule has 1 fully saturated rings. The van der Waals surface area contributed by atoms with Crippen molar-refractivity contribution in [1.82, 2.24) is 5.32 Å². The van der Waals surface area contributed by atoms with Crippen LogP contribution in [0, 0.1) is 0 Å². The average molecular weight is 347 g/mol. The summed E-state index contributed by atoms with van der Waals surface area (Å²) >= 11 is 11.9. The number of carbonyl (C=O) groups excluding carboxylic acids is 2. The third-order valence-corrected chi connectivity index (χ3v) is 4.08. The maximum Gasteiger partial charge on any atom is 0.253 e. The molecule has 3 N–H and O–H groups in total. The predicted molar refractivity (Wildman–Crippen MR) is 82.1 cm³/mol. The first-order valence-corrected chi connectivity index (χ1v) is 7.47. The van der Waals surface area contributed by atoms with Crippen LogP contribution < -0.4 is 11.1 Å². The minimum atomic E-state index is -0.575. The molecule has 2 amide bonds. The Hall–Kier alpha value is -1.34. The molecule has 1 aliphatic rings. The molecule has 0 radical (unpaired) electrons. The van der Waals surface area contributed by atoms with Gasteiger partial charge in [0, 0.05) is 6.61 Å². The van der Waals surface area contributed by atoms with E-state index in [1.54, 1.807) is 18.2 Å². The Morgan fingerprint density at radius 1 is 1.41 bits per heavy atom. The monoisotopic (exact) mass is 346 g/mol. The predicted octanol–water partition coefficient (Wildman–Crippen LogP) is 1.38. The van der Waals surface area contributed by atoms with Crippen LogP contribution in [0.2, 0.25) is 10.0 Å². The van der Waals surface area contributed by atoms with E-state index >= 15 is 0 Å². The highest BCUT2D eigenvalue weighted by atomic mass is 35.5. The first kappa shape index (κ1) is 17.0. The van der Waals surface area contributed by atoms with Crippen molar-refractivity contribution in [3.05, 3.63) is 33.8 Å². The Balaban J connectivity index is 2.04. The lowest BCUT2D eigenvalue weighted by molar-refractivity contribution is -0.129. The lowest BCUT2D eigenvalue weighted by Crippen LogP contribution is -2.50. The van der Waals surface area contributed by atoms with Crippen molar-refractivity contribution < 1.29 is 19.1 Å². The van der Waals surface area contributed by atoms with Crippen LogP contribution in [0.5, 0.6) is 0 Å². The fraction of sp³-hybridized carbons (Fsp3) is 0.429. The highest BCUT2D eigenvalue weighted by Crippen LogP contribution is 2.25. The zero-order chi connectivity index (χ0) is 16.1. The van der Waals surface area contributed by atoms with E-state index in [1.165, 1.54) is 0 Å². The van der Waals surface area contributed by atoms with Gasteiger partial charge in [0.25, 0.3) is 5.91 Å². The van der Waals surface area contributed by atoms with Gasteiger partial charge in [-0.15, -0.1) is 0 Å². The van der Waals surface area contributed by atoms with Crippen molar-refractivity contribution in [1.29, 1.82) is 0 Å². The van der Waals surface area contributed by atoms with Crippen LogP contribution in [0.15, 0.2) is 18.2 Å². The van der Waals surface area contributed by atoms with E-state index in [0.29, 0.717) is 18.1 Å². The topological polar surface area (TPSA) is 90.7 Å². The summed E-state index contributed by atoms with van der Waals surface area (Å²) < 4.78 is 10.7. The summed E-state index contributed by atoms with van der Waals surface area (Å²) in [5.74, 6) is -0.930. The van der Waals surface area contributed by atoms with E-state index in [4.69, 9.17) is 38.4 Å². The van der Waals surface area contributed by atoms with Crippen molar-refractivity contribution >= 4 is 35.0 Å². The number of carbonyl (C=O) groups is 2. The van der Waals surface area contributed by atoms with E-state index in [9.17, 15) is 9.59 Å². The molecule has 0 saturated carbocycles. The minimum Gasteiger partial charge on any atom is -0.379 e. The third-order valence-electron chi connectivity index (χ3n) is 3.26. The van der Waals surface area contributed by atoms with Crippen LogP contribution in [0.3, 0.4) is 0 Å². The second-order valence-corrected chi connectivity index (χ2v) is 5.65. The fourth-order valence-corrected chi connectivity index (χ4v) is 2.54. The summed E-state index contributed by atoms with van der Waals surface area (Å²) in [4.78, 5) is 23.1. The number of nitrogens with one attached hydrogen (secondary N) is 1. The number of rotatable bonds is 5. The average Bonchev–Trinajstić information content (AvgIpc) is 2.49.